The van der Waals surface area contributed by atoms with Crippen LogP contribution in [0.25, 0.3) is 0 Å². The van der Waals surface area contributed by atoms with Crippen LogP contribution in [0.15, 0.2) is 16.7 Å². The van der Waals surface area contributed by atoms with Crippen molar-refractivity contribution in [3.05, 3.63) is 22.4 Å². The van der Waals surface area contributed by atoms with Crippen molar-refractivity contribution in [3.8, 4) is 0 Å². The fourth-order valence-corrected chi connectivity index (χ4v) is 3.27. The fraction of sp³-hybridized carbons (Fsp3) is 0.667. The Morgan fingerprint density at radius 3 is 2.70 bits per heavy atom. The number of nitrogens with zero attached hydrogens (tertiary/aromatic N) is 1. The van der Waals surface area contributed by atoms with Crippen LogP contribution in [-0.2, 0) is 0 Å². The highest BCUT2D eigenvalue weighted by atomic mass is 79.9. The first-order valence-electron chi connectivity index (χ1n) is 7.36. The van der Waals surface area contributed by atoms with Crippen molar-refractivity contribution < 1.29 is 4.79 Å². The predicted octanol–water partition coefficient (Wildman–Crippen LogP) is 3.22. The van der Waals surface area contributed by atoms with Gasteiger partial charge >= 0.3 is 0 Å². The second-order valence-electron chi connectivity index (χ2n) is 6.15. The molecule has 0 saturated heterocycles. The standard InChI is InChI=1S/C15H24BrN3O/c1-11(2)19-9-12(16)8-13(19)14(20)18-10-15(17)6-4-3-5-7-15/h8-9,11H,3-7,10,17H2,1-2H3,(H,18,20). The summed E-state index contributed by atoms with van der Waals surface area (Å²) in [5, 5.41) is 3.01. The Balaban J connectivity index is 2.01. The van der Waals surface area contributed by atoms with Gasteiger partial charge in [-0.3, -0.25) is 4.79 Å². The lowest BCUT2D eigenvalue weighted by Crippen LogP contribution is -2.51. The smallest absolute Gasteiger partial charge is 0.268 e. The minimum Gasteiger partial charge on any atom is -0.349 e. The molecule has 0 atom stereocenters. The van der Waals surface area contributed by atoms with E-state index < -0.39 is 0 Å². The van der Waals surface area contributed by atoms with Crippen molar-refractivity contribution in [2.45, 2.75) is 57.5 Å². The van der Waals surface area contributed by atoms with Gasteiger partial charge in [0.15, 0.2) is 0 Å². The highest BCUT2D eigenvalue weighted by Gasteiger charge is 2.28. The average Bonchev–Trinajstić information content (AvgIpc) is 2.79. The lowest BCUT2D eigenvalue weighted by atomic mass is 9.82. The molecule has 0 unspecified atom stereocenters. The van der Waals surface area contributed by atoms with Crippen LogP contribution in [0.3, 0.4) is 0 Å². The Hall–Kier alpha value is -0.810. The number of halogens is 1. The summed E-state index contributed by atoms with van der Waals surface area (Å²) in [6, 6.07) is 2.11. The predicted molar refractivity (Wildman–Crippen MR) is 84.9 cm³/mol. The number of hydrogen-bond donors (Lipinski definition) is 2. The molecule has 1 fully saturated rings. The number of aromatic nitrogens is 1. The third kappa shape index (κ3) is 3.64. The molecule has 0 aliphatic heterocycles. The molecule has 1 aliphatic rings. The molecule has 2 rings (SSSR count). The van der Waals surface area contributed by atoms with Crippen LogP contribution >= 0.6 is 15.9 Å². The van der Waals surface area contributed by atoms with Crippen LogP contribution < -0.4 is 11.1 Å². The maximum Gasteiger partial charge on any atom is 0.268 e. The van der Waals surface area contributed by atoms with Gasteiger partial charge in [0, 0.05) is 28.8 Å². The first-order valence-corrected chi connectivity index (χ1v) is 8.15. The van der Waals surface area contributed by atoms with E-state index in [1.807, 2.05) is 16.8 Å². The first kappa shape index (κ1) is 15.6. The maximum atomic E-state index is 12.4. The molecular weight excluding hydrogens is 318 g/mol. The number of amides is 1. The molecule has 3 N–H and O–H groups in total. The van der Waals surface area contributed by atoms with Crippen LogP contribution in [0.1, 0.15) is 62.5 Å². The van der Waals surface area contributed by atoms with Gasteiger partial charge in [-0.25, -0.2) is 0 Å². The lowest BCUT2D eigenvalue weighted by molar-refractivity contribution is 0.0927. The third-order valence-electron chi connectivity index (χ3n) is 4.05. The van der Waals surface area contributed by atoms with Gasteiger partial charge in [-0.1, -0.05) is 19.3 Å². The summed E-state index contributed by atoms with van der Waals surface area (Å²) in [6.07, 6.45) is 7.54. The molecule has 1 aromatic rings. The molecule has 1 saturated carbocycles. The van der Waals surface area contributed by atoms with Gasteiger partial charge in [0.2, 0.25) is 0 Å². The van der Waals surface area contributed by atoms with Crippen molar-refractivity contribution in [3.63, 3.8) is 0 Å². The van der Waals surface area contributed by atoms with Crippen LogP contribution in [0, 0.1) is 0 Å². The number of hydrogen-bond acceptors (Lipinski definition) is 2. The van der Waals surface area contributed by atoms with E-state index in [2.05, 4.69) is 35.1 Å². The van der Waals surface area contributed by atoms with Crippen LogP contribution in [0.4, 0.5) is 0 Å². The molecule has 20 heavy (non-hydrogen) atoms. The summed E-state index contributed by atoms with van der Waals surface area (Å²) in [5.74, 6) is -0.0419. The van der Waals surface area contributed by atoms with Gasteiger partial charge in [0.1, 0.15) is 5.69 Å². The molecule has 112 valence electrons. The quantitative estimate of drug-likeness (QED) is 0.883. The SMILES string of the molecule is CC(C)n1cc(Br)cc1C(=O)NCC1(N)CCCCC1. The summed E-state index contributed by atoms with van der Waals surface area (Å²) in [6.45, 7) is 4.69. The number of carbonyl (C=O) groups excluding carboxylic acids is 1. The van der Waals surface area contributed by atoms with Crippen molar-refractivity contribution in [1.29, 1.82) is 0 Å². The van der Waals surface area contributed by atoms with Gasteiger partial charge in [-0.15, -0.1) is 0 Å². The monoisotopic (exact) mass is 341 g/mol. The van der Waals surface area contributed by atoms with Gasteiger partial charge in [-0.05, 0) is 48.7 Å². The zero-order valence-electron chi connectivity index (χ0n) is 12.3. The van der Waals surface area contributed by atoms with E-state index in [4.69, 9.17) is 5.73 Å². The second kappa shape index (κ2) is 6.31. The molecule has 0 aromatic carbocycles. The summed E-state index contributed by atoms with van der Waals surface area (Å²) >= 11 is 3.43. The normalized spacial score (nSPS) is 18.2. The van der Waals surface area contributed by atoms with Crippen molar-refractivity contribution in [2.24, 2.45) is 5.73 Å². The second-order valence-corrected chi connectivity index (χ2v) is 7.07. The summed E-state index contributed by atoms with van der Waals surface area (Å²) < 4.78 is 2.90. The Kier molecular flexibility index (Phi) is 4.91. The maximum absolute atomic E-state index is 12.4. The highest BCUT2D eigenvalue weighted by Crippen LogP contribution is 2.25. The number of rotatable bonds is 4. The van der Waals surface area contributed by atoms with E-state index in [1.54, 1.807) is 0 Å². The van der Waals surface area contributed by atoms with E-state index >= 15 is 0 Å². The average molecular weight is 342 g/mol. The molecule has 0 bridgehead atoms. The first-order chi connectivity index (χ1) is 9.41. The van der Waals surface area contributed by atoms with Crippen molar-refractivity contribution >= 4 is 21.8 Å². The van der Waals surface area contributed by atoms with E-state index in [9.17, 15) is 4.79 Å². The molecule has 1 aliphatic carbocycles. The highest BCUT2D eigenvalue weighted by molar-refractivity contribution is 9.10. The fourth-order valence-electron chi connectivity index (χ4n) is 2.83. The molecule has 1 heterocycles. The zero-order chi connectivity index (χ0) is 14.8. The number of carbonyl (C=O) groups is 1. The lowest BCUT2D eigenvalue weighted by Gasteiger charge is -2.33. The molecule has 1 aromatic heterocycles. The topological polar surface area (TPSA) is 60.0 Å². The Morgan fingerprint density at radius 1 is 1.45 bits per heavy atom. The van der Waals surface area contributed by atoms with Gasteiger partial charge in [0.05, 0.1) is 0 Å². The van der Waals surface area contributed by atoms with Crippen molar-refractivity contribution in [1.82, 2.24) is 9.88 Å². The molecule has 5 heteroatoms. The van der Waals surface area contributed by atoms with E-state index in [1.165, 1.54) is 19.3 Å². The van der Waals surface area contributed by atoms with Crippen molar-refractivity contribution in [2.75, 3.05) is 6.54 Å². The Morgan fingerprint density at radius 2 is 2.10 bits per heavy atom. The van der Waals surface area contributed by atoms with Gasteiger partial charge < -0.3 is 15.6 Å². The van der Waals surface area contributed by atoms with E-state index in [0.29, 0.717) is 12.2 Å². The summed E-state index contributed by atoms with van der Waals surface area (Å²) in [5.41, 5.74) is 6.82. The van der Waals surface area contributed by atoms with Gasteiger partial charge in [-0.2, -0.15) is 0 Å². The molecule has 1 amide bonds. The summed E-state index contributed by atoms with van der Waals surface area (Å²) in [4.78, 5) is 12.4. The minimum atomic E-state index is -0.222. The summed E-state index contributed by atoms with van der Waals surface area (Å²) in [7, 11) is 0. The van der Waals surface area contributed by atoms with Crippen LogP contribution in [-0.4, -0.2) is 22.6 Å². The minimum absolute atomic E-state index is 0.0419. The largest absolute Gasteiger partial charge is 0.349 e. The molecular formula is C15H24BrN3O. The van der Waals surface area contributed by atoms with Crippen LogP contribution in [0.5, 0.6) is 0 Å². The third-order valence-corrected chi connectivity index (χ3v) is 4.49. The molecule has 4 nitrogen and oxygen atoms in total. The Bertz CT molecular complexity index is 475. The number of nitrogens with two attached hydrogens (primary N) is 1. The number of nitrogens with one attached hydrogen (secondary N) is 1. The molecule has 0 radical (unpaired) electrons. The zero-order valence-corrected chi connectivity index (χ0v) is 13.9. The van der Waals surface area contributed by atoms with E-state index in [-0.39, 0.29) is 17.5 Å². The Labute approximate surface area is 129 Å². The van der Waals surface area contributed by atoms with E-state index in [0.717, 1.165) is 17.3 Å². The van der Waals surface area contributed by atoms with Gasteiger partial charge in [0.25, 0.3) is 5.91 Å². The molecule has 0 spiro atoms. The van der Waals surface area contributed by atoms with Crippen LogP contribution in [0.2, 0.25) is 0 Å².